The lowest BCUT2D eigenvalue weighted by atomic mass is 9.80. The summed E-state index contributed by atoms with van der Waals surface area (Å²) in [5, 5.41) is 3.33. The minimum Gasteiger partial charge on any atom is -0.487 e. The van der Waals surface area contributed by atoms with Crippen LogP contribution in [0.25, 0.3) is 22.8 Å². The summed E-state index contributed by atoms with van der Waals surface area (Å²) in [4.78, 5) is 20.6. The Morgan fingerprint density at radius 1 is 1.00 bits per heavy atom. The molecule has 0 saturated carbocycles. The van der Waals surface area contributed by atoms with Gasteiger partial charge in [-0.15, -0.1) is 0 Å². The minimum atomic E-state index is -0.260. The number of piperidine rings is 1. The van der Waals surface area contributed by atoms with E-state index in [1.807, 2.05) is 66.7 Å². The van der Waals surface area contributed by atoms with Crippen LogP contribution in [-0.2, 0) is 0 Å². The highest BCUT2D eigenvalue weighted by atomic mass is 16.5. The first-order valence-electron chi connectivity index (χ1n) is 12.9. The second-order valence-electron chi connectivity index (χ2n) is 10.3. The second kappa shape index (κ2) is 9.52. The fourth-order valence-corrected chi connectivity index (χ4v) is 5.43. The van der Waals surface area contributed by atoms with Gasteiger partial charge in [0, 0.05) is 36.2 Å². The normalized spacial score (nSPS) is 18.7. The van der Waals surface area contributed by atoms with Gasteiger partial charge in [-0.2, -0.15) is 0 Å². The lowest BCUT2D eigenvalue weighted by Gasteiger charge is -2.46. The SMILES string of the molecule is Cc1ccc(-c2cnc(-c3ccccc3C(=O)NC3CC4(CCN(C)CC4)Oc4ccccc43)o2)cc1. The molecule has 1 saturated heterocycles. The van der Waals surface area contributed by atoms with E-state index in [1.54, 1.807) is 6.20 Å². The summed E-state index contributed by atoms with van der Waals surface area (Å²) < 4.78 is 12.7. The highest BCUT2D eigenvalue weighted by molar-refractivity contribution is 6.00. The van der Waals surface area contributed by atoms with Gasteiger partial charge in [0.15, 0.2) is 5.76 Å². The van der Waals surface area contributed by atoms with Crippen molar-refractivity contribution in [1.82, 2.24) is 15.2 Å². The molecule has 0 aliphatic carbocycles. The number of oxazole rings is 1. The van der Waals surface area contributed by atoms with E-state index < -0.39 is 0 Å². The molecule has 3 aromatic carbocycles. The number of benzene rings is 3. The number of likely N-dealkylation sites (tertiary alicyclic amines) is 1. The largest absolute Gasteiger partial charge is 0.487 e. The zero-order valence-corrected chi connectivity index (χ0v) is 21.2. The van der Waals surface area contributed by atoms with Gasteiger partial charge in [0.05, 0.1) is 17.8 Å². The van der Waals surface area contributed by atoms with Crippen LogP contribution in [0.4, 0.5) is 0 Å². The van der Waals surface area contributed by atoms with Crippen LogP contribution in [0.5, 0.6) is 5.75 Å². The van der Waals surface area contributed by atoms with Crippen LogP contribution in [0.15, 0.2) is 83.4 Å². The van der Waals surface area contributed by atoms with Crippen LogP contribution in [0.1, 0.15) is 46.8 Å². The predicted octanol–water partition coefficient (Wildman–Crippen LogP) is 6.04. The van der Waals surface area contributed by atoms with Crippen LogP contribution in [0.3, 0.4) is 0 Å². The number of ether oxygens (including phenoxy) is 1. The van der Waals surface area contributed by atoms with Crippen LogP contribution in [-0.4, -0.2) is 41.5 Å². The van der Waals surface area contributed by atoms with Gasteiger partial charge in [0.25, 0.3) is 5.91 Å². The van der Waals surface area contributed by atoms with Crippen molar-refractivity contribution in [3.63, 3.8) is 0 Å². The maximum Gasteiger partial charge on any atom is 0.252 e. The van der Waals surface area contributed by atoms with Gasteiger partial charge in [-0.05, 0) is 45.0 Å². The van der Waals surface area contributed by atoms with Crippen molar-refractivity contribution in [2.75, 3.05) is 20.1 Å². The Morgan fingerprint density at radius 3 is 2.54 bits per heavy atom. The monoisotopic (exact) mass is 493 g/mol. The zero-order valence-electron chi connectivity index (χ0n) is 21.2. The number of carbonyl (C=O) groups excluding carboxylic acids is 1. The topological polar surface area (TPSA) is 67.6 Å². The molecule has 6 heteroatoms. The predicted molar refractivity (Wildman–Crippen MR) is 143 cm³/mol. The fourth-order valence-electron chi connectivity index (χ4n) is 5.43. The molecule has 4 aromatic rings. The standard InChI is InChI=1S/C31H31N3O3/c1-21-11-13-22(14-12-21)28-20-32-30(36-28)24-8-4-3-7-23(24)29(35)33-26-19-31(15-17-34(2)18-16-31)37-27-10-6-5-9-25(26)27/h3-14,20,26H,15-19H2,1-2H3,(H,33,35). The second-order valence-corrected chi connectivity index (χ2v) is 10.3. The molecule has 1 amide bonds. The molecule has 1 aromatic heterocycles. The molecule has 37 heavy (non-hydrogen) atoms. The number of para-hydroxylation sites is 1. The molecule has 2 aliphatic heterocycles. The Kier molecular flexibility index (Phi) is 6.05. The van der Waals surface area contributed by atoms with Gasteiger partial charge in [0.1, 0.15) is 11.4 Å². The molecular formula is C31H31N3O3. The van der Waals surface area contributed by atoms with E-state index in [0.717, 1.165) is 49.2 Å². The molecule has 1 spiro atoms. The van der Waals surface area contributed by atoms with Crippen LogP contribution >= 0.6 is 0 Å². The van der Waals surface area contributed by atoms with Gasteiger partial charge in [-0.25, -0.2) is 4.98 Å². The molecule has 1 atom stereocenters. The molecule has 1 unspecified atom stereocenters. The average Bonchev–Trinajstić information content (AvgIpc) is 3.41. The van der Waals surface area contributed by atoms with Crippen molar-refractivity contribution >= 4 is 5.91 Å². The molecule has 3 heterocycles. The highest BCUT2D eigenvalue weighted by Gasteiger charge is 2.43. The Morgan fingerprint density at radius 2 is 1.73 bits per heavy atom. The summed E-state index contributed by atoms with van der Waals surface area (Å²) in [6.07, 6.45) is 4.35. The van der Waals surface area contributed by atoms with E-state index in [9.17, 15) is 4.79 Å². The third-order valence-corrected chi connectivity index (χ3v) is 7.64. The third kappa shape index (κ3) is 4.65. The molecule has 188 valence electrons. The Bertz CT molecular complexity index is 1420. The number of aryl methyl sites for hydroxylation is 1. The number of nitrogens with zero attached hydrogens (tertiary/aromatic N) is 2. The van der Waals surface area contributed by atoms with Gasteiger partial charge < -0.3 is 19.4 Å². The van der Waals surface area contributed by atoms with Gasteiger partial charge in [0.2, 0.25) is 5.89 Å². The van der Waals surface area contributed by atoms with E-state index in [1.165, 1.54) is 5.56 Å². The third-order valence-electron chi connectivity index (χ3n) is 7.64. The molecule has 0 radical (unpaired) electrons. The summed E-state index contributed by atoms with van der Waals surface area (Å²) in [6, 6.07) is 23.5. The van der Waals surface area contributed by atoms with Crippen LogP contribution < -0.4 is 10.1 Å². The van der Waals surface area contributed by atoms with Crippen molar-refractivity contribution in [2.45, 2.75) is 37.8 Å². The molecular weight excluding hydrogens is 462 g/mol. The number of hydrogen-bond donors (Lipinski definition) is 1. The van der Waals surface area contributed by atoms with E-state index in [0.29, 0.717) is 22.8 Å². The van der Waals surface area contributed by atoms with Crippen molar-refractivity contribution in [3.8, 4) is 28.5 Å². The first-order chi connectivity index (χ1) is 18.0. The number of aromatic nitrogens is 1. The number of hydrogen-bond acceptors (Lipinski definition) is 5. The van der Waals surface area contributed by atoms with Crippen LogP contribution in [0.2, 0.25) is 0 Å². The molecule has 0 bridgehead atoms. The van der Waals surface area contributed by atoms with E-state index >= 15 is 0 Å². The molecule has 1 fully saturated rings. The summed E-state index contributed by atoms with van der Waals surface area (Å²) in [7, 11) is 2.15. The maximum atomic E-state index is 13.7. The Labute approximate surface area is 217 Å². The lowest BCUT2D eigenvalue weighted by Crippen LogP contribution is -2.51. The molecule has 6 rings (SSSR count). The van der Waals surface area contributed by atoms with Crippen LogP contribution in [0, 0.1) is 6.92 Å². The summed E-state index contributed by atoms with van der Waals surface area (Å²) in [5.74, 6) is 1.83. The summed E-state index contributed by atoms with van der Waals surface area (Å²) in [6.45, 7) is 4.02. The van der Waals surface area contributed by atoms with Gasteiger partial charge in [-0.3, -0.25) is 4.79 Å². The quantitative estimate of drug-likeness (QED) is 0.376. The first-order valence-corrected chi connectivity index (χ1v) is 12.9. The molecule has 2 aliphatic rings. The number of nitrogens with one attached hydrogen (secondary N) is 1. The zero-order chi connectivity index (χ0) is 25.4. The van der Waals surface area contributed by atoms with E-state index in [-0.39, 0.29) is 17.6 Å². The van der Waals surface area contributed by atoms with Crippen molar-refractivity contribution in [2.24, 2.45) is 0 Å². The number of rotatable bonds is 4. The van der Waals surface area contributed by atoms with E-state index in [2.05, 4.69) is 35.2 Å². The lowest BCUT2D eigenvalue weighted by molar-refractivity contribution is -0.0195. The molecule has 1 N–H and O–H groups in total. The van der Waals surface area contributed by atoms with Gasteiger partial charge >= 0.3 is 0 Å². The van der Waals surface area contributed by atoms with Crippen molar-refractivity contribution < 1.29 is 13.9 Å². The Balaban J connectivity index is 1.28. The average molecular weight is 494 g/mol. The number of fused-ring (bicyclic) bond motifs is 1. The minimum absolute atomic E-state index is 0.137. The van der Waals surface area contributed by atoms with Gasteiger partial charge in [-0.1, -0.05) is 60.2 Å². The van der Waals surface area contributed by atoms with E-state index in [4.69, 9.17) is 9.15 Å². The van der Waals surface area contributed by atoms with Crippen molar-refractivity contribution in [3.05, 3.63) is 95.7 Å². The molecule has 6 nitrogen and oxygen atoms in total. The Hall–Kier alpha value is -3.90. The van der Waals surface area contributed by atoms with Crippen molar-refractivity contribution in [1.29, 1.82) is 0 Å². The summed E-state index contributed by atoms with van der Waals surface area (Å²) >= 11 is 0. The first kappa shape index (κ1) is 23.5. The smallest absolute Gasteiger partial charge is 0.252 e. The fraction of sp³-hybridized carbons (Fsp3) is 0.290. The number of amides is 1. The summed E-state index contributed by atoms with van der Waals surface area (Å²) in [5.41, 5.74) is 4.12. The number of carbonyl (C=O) groups is 1. The highest BCUT2D eigenvalue weighted by Crippen LogP contribution is 2.44. The maximum absolute atomic E-state index is 13.7.